The Morgan fingerprint density at radius 2 is 1.87 bits per heavy atom. The van der Waals surface area contributed by atoms with E-state index in [4.69, 9.17) is 0 Å². The number of fused-ring (bicyclic) bond motifs is 1. The number of carbonyl (C=O) groups is 1. The normalized spacial score (nSPS) is 11.4. The lowest BCUT2D eigenvalue weighted by Gasteiger charge is -2.08. The van der Waals surface area contributed by atoms with Crippen LogP contribution in [0.4, 0.5) is 0 Å². The zero-order valence-corrected chi connectivity index (χ0v) is 12.5. The predicted octanol–water partition coefficient (Wildman–Crippen LogP) is 3.09. The molecule has 0 aliphatic carbocycles. The van der Waals surface area contributed by atoms with Gasteiger partial charge in [-0.05, 0) is 30.5 Å². The Labute approximate surface area is 133 Å². The minimum absolute atomic E-state index is 0.149. The highest BCUT2D eigenvalue weighted by atomic mass is 16.3. The number of amides is 1. The molecule has 3 aromatic rings. The molecule has 0 aliphatic rings. The Hall–Kier alpha value is -3.21. The van der Waals surface area contributed by atoms with Gasteiger partial charge < -0.3 is 5.11 Å². The maximum atomic E-state index is 11.9. The van der Waals surface area contributed by atoms with Crippen molar-refractivity contribution in [2.75, 3.05) is 0 Å². The van der Waals surface area contributed by atoms with E-state index in [1.54, 1.807) is 37.4 Å². The number of phenolic OH excluding ortho intramolecular Hbond substituents is 1. The van der Waals surface area contributed by atoms with Crippen LogP contribution in [-0.4, -0.2) is 21.7 Å². The molecule has 5 heteroatoms. The maximum absolute atomic E-state index is 11.9. The number of phenols is 1. The minimum Gasteiger partial charge on any atom is -0.507 e. The van der Waals surface area contributed by atoms with E-state index in [0.717, 1.165) is 10.8 Å². The first kappa shape index (κ1) is 14.7. The maximum Gasteiger partial charge on any atom is 0.289 e. The molecule has 0 spiro atoms. The third-order valence-electron chi connectivity index (χ3n) is 3.51. The van der Waals surface area contributed by atoms with Crippen LogP contribution in [0.15, 0.2) is 65.9 Å². The van der Waals surface area contributed by atoms with Crippen LogP contribution in [0.5, 0.6) is 5.75 Å². The highest BCUT2D eigenvalue weighted by Crippen LogP contribution is 2.28. The quantitative estimate of drug-likeness (QED) is 0.577. The second kappa shape index (κ2) is 6.27. The van der Waals surface area contributed by atoms with Crippen LogP contribution in [0.25, 0.3) is 10.8 Å². The van der Waals surface area contributed by atoms with E-state index in [0.29, 0.717) is 11.3 Å². The number of aromatic hydroxyl groups is 1. The highest BCUT2D eigenvalue weighted by molar-refractivity contribution is 6.06. The van der Waals surface area contributed by atoms with Crippen molar-refractivity contribution in [3.63, 3.8) is 0 Å². The number of pyridine rings is 1. The first-order valence-corrected chi connectivity index (χ1v) is 7.13. The lowest BCUT2D eigenvalue weighted by Crippen LogP contribution is -2.20. The summed E-state index contributed by atoms with van der Waals surface area (Å²) in [4.78, 5) is 15.9. The molecule has 2 aromatic carbocycles. The van der Waals surface area contributed by atoms with Crippen molar-refractivity contribution in [2.45, 2.75) is 6.92 Å². The molecule has 0 aliphatic heterocycles. The summed E-state index contributed by atoms with van der Waals surface area (Å²) in [6.07, 6.45) is 1.54. The van der Waals surface area contributed by atoms with Gasteiger partial charge in [0.15, 0.2) is 0 Å². The summed E-state index contributed by atoms with van der Waals surface area (Å²) in [5, 5.41) is 16.1. The summed E-state index contributed by atoms with van der Waals surface area (Å²) >= 11 is 0. The van der Waals surface area contributed by atoms with Crippen LogP contribution < -0.4 is 5.43 Å². The van der Waals surface area contributed by atoms with E-state index in [1.807, 2.05) is 30.3 Å². The Kier molecular flexibility index (Phi) is 4.01. The van der Waals surface area contributed by atoms with E-state index in [9.17, 15) is 9.90 Å². The van der Waals surface area contributed by atoms with Crippen LogP contribution >= 0.6 is 0 Å². The van der Waals surface area contributed by atoms with Crippen molar-refractivity contribution in [1.29, 1.82) is 0 Å². The monoisotopic (exact) mass is 305 g/mol. The van der Waals surface area contributed by atoms with Crippen molar-refractivity contribution in [3.05, 3.63) is 72.1 Å². The first-order chi connectivity index (χ1) is 11.2. The number of aromatic nitrogens is 1. The van der Waals surface area contributed by atoms with Crippen molar-refractivity contribution in [2.24, 2.45) is 5.10 Å². The molecule has 1 heterocycles. The van der Waals surface area contributed by atoms with Gasteiger partial charge in [0.25, 0.3) is 5.91 Å². The zero-order chi connectivity index (χ0) is 16.2. The average molecular weight is 305 g/mol. The van der Waals surface area contributed by atoms with E-state index >= 15 is 0 Å². The van der Waals surface area contributed by atoms with Gasteiger partial charge in [0.2, 0.25) is 0 Å². The molecule has 114 valence electrons. The topological polar surface area (TPSA) is 74.6 Å². The van der Waals surface area contributed by atoms with Crippen molar-refractivity contribution >= 4 is 22.4 Å². The standard InChI is InChI=1S/C18H15N3O2/c1-12(20-21-18(23)16-8-4-5-11-19-16)14-10-9-13-6-2-3-7-15(13)17(14)22/h2-11,22H,1H3,(H,21,23)/b20-12-. The Morgan fingerprint density at radius 1 is 1.09 bits per heavy atom. The summed E-state index contributed by atoms with van der Waals surface area (Å²) in [5.41, 5.74) is 3.82. The number of nitrogens with one attached hydrogen (secondary N) is 1. The fourth-order valence-electron chi connectivity index (χ4n) is 2.30. The predicted molar refractivity (Wildman–Crippen MR) is 89.5 cm³/mol. The SMILES string of the molecule is C/C(=N/NC(=O)c1ccccn1)c1ccc2ccccc2c1O. The fraction of sp³-hybridized carbons (Fsp3) is 0.0556. The summed E-state index contributed by atoms with van der Waals surface area (Å²) in [6.45, 7) is 1.72. The lowest BCUT2D eigenvalue weighted by atomic mass is 10.0. The van der Waals surface area contributed by atoms with Gasteiger partial charge in [-0.2, -0.15) is 5.10 Å². The van der Waals surface area contributed by atoms with Gasteiger partial charge in [-0.15, -0.1) is 0 Å². The molecule has 23 heavy (non-hydrogen) atoms. The molecule has 2 N–H and O–H groups in total. The van der Waals surface area contributed by atoms with Gasteiger partial charge in [-0.25, -0.2) is 5.43 Å². The van der Waals surface area contributed by atoms with Gasteiger partial charge in [-0.3, -0.25) is 9.78 Å². The first-order valence-electron chi connectivity index (χ1n) is 7.13. The summed E-state index contributed by atoms with van der Waals surface area (Å²) in [6, 6.07) is 16.3. The lowest BCUT2D eigenvalue weighted by molar-refractivity contribution is 0.0950. The van der Waals surface area contributed by atoms with Crippen LogP contribution in [0.2, 0.25) is 0 Å². The van der Waals surface area contributed by atoms with Crippen LogP contribution in [-0.2, 0) is 0 Å². The van der Waals surface area contributed by atoms with Gasteiger partial charge in [0.05, 0.1) is 5.71 Å². The van der Waals surface area contributed by atoms with Crippen molar-refractivity contribution < 1.29 is 9.90 Å². The molecule has 0 unspecified atom stereocenters. The van der Waals surface area contributed by atoms with E-state index in [1.165, 1.54) is 0 Å². The molecule has 0 atom stereocenters. The average Bonchev–Trinajstić information content (AvgIpc) is 2.60. The number of hydrogen-bond donors (Lipinski definition) is 2. The molecule has 1 aromatic heterocycles. The minimum atomic E-state index is -0.398. The highest BCUT2D eigenvalue weighted by Gasteiger charge is 2.10. The molecular formula is C18H15N3O2. The van der Waals surface area contributed by atoms with Gasteiger partial charge in [-0.1, -0.05) is 36.4 Å². The van der Waals surface area contributed by atoms with E-state index < -0.39 is 5.91 Å². The van der Waals surface area contributed by atoms with Crippen LogP contribution in [0, 0.1) is 0 Å². The van der Waals surface area contributed by atoms with E-state index in [-0.39, 0.29) is 11.4 Å². The molecule has 5 nitrogen and oxygen atoms in total. The molecule has 0 saturated carbocycles. The van der Waals surface area contributed by atoms with Gasteiger partial charge in [0, 0.05) is 17.1 Å². The smallest absolute Gasteiger partial charge is 0.289 e. The second-order valence-electron chi connectivity index (χ2n) is 5.04. The number of carbonyl (C=O) groups excluding carboxylic acids is 1. The molecule has 0 radical (unpaired) electrons. The molecule has 3 rings (SSSR count). The molecular weight excluding hydrogens is 290 g/mol. The van der Waals surface area contributed by atoms with Crippen molar-refractivity contribution in [3.8, 4) is 5.75 Å². The Bertz CT molecular complexity index is 889. The fourth-order valence-corrected chi connectivity index (χ4v) is 2.30. The summed E-state index contributed by atoms with van der Waals surface area (Å²) in [7, 11) is 0. The van der Waals surface area contributed by atoms with Crippen LogP contribution in [0.1, 0.15) is 23.0 Å². The molecule has 0 bridgehead atoms. The zero-order valence-electron chi connectivity index (χ0n) is 12.5. The number of hydrazone groups is 1. The van der Waals surface area contributed by atoms with Crippen molar-refractivity contribution in [1.82, 2.24) is 10.4 Å². The number of benzene rings is 2. The van der Waals surface area contributed by atoms with Gasteiger partial charge in [0.1, 0.15) is 11.4 Å². The molecule has 0 saturated heterocycles. The van der Waals surface area contributed by atoms with E-state index in [2.05, 4.69) is 15.5 Å². The third-order valence-corrected chi connectivity index (χ3v) is 3.51. The largest absolute Gasteiger partial charge is 0.507 e. The van der Waals surface area contributed by atoms with Crippen LogP contribution in [0.3, 0.4) is 0 Å². The Balaban J connectivity index is 1.87. The number of nitrogens with zero attached hydrogens (tertiary/aromatic N) is 2. The third kappa shape index (κ3) is 3.03. The number of rotatable bonds is 3. The summed E-state index contributed by atoms with van der Waals surface area (Å²) < 4.78 is 0. The molecule has 1 amide bonds. The molecule has 0 fully saturated rings. The Morgan fingerprint density at radius 3 is 2.65 bits per heavy atom. The number of hydrogen-bond acceptors (Lipinski definition) is 4. The summed E-state index contributed by atoms with van der Waals surface area (Å²) in [5.74, 6) is -0.248. The second-order valence-corrected chi connectivity index (χ2v) is 5.04. The van der Waals surface area contributed by atoms with Gasteiger partial charge >= 0.3 is 0 Å².